The average molecular weight is 331 g/mol. The topological polar surface area (TPSA) is 46.5 Å². The van der Waals surface area contributed by atoms with Gasteiger partial charge in [0, 0.05) is 0 Å². The maximum absolute atomic E-state index is 11.0. The fourth-order valence-electron chi connectivity index (χ4n) is 2.57. The molecule has 1 fully saturated rings. The maximum atomic E-state index is 11.0. The van der Waals surface area contributed by atoms with Gasteiger partial charge in [0.2, 0.25) is 0 Å². The summed E-state index contributed by atoms with van der Waals surface area (Å²) in [4.78, 5) is 18.0. The molecule has 0 aromatic heterocycles. The summed E-state index contributed by atoms with van der Waals surface area (Å²) < 4.78 is 6.49. The molecule has 90 valence electrons. The Hall–Kier alpha value is -0.0313. The monoisotopic (exact) mass is 332 g/mol. The van der Waals surface area contributed by atoms with Crippen LogP contribution < -0.4 is 0 Å². The van der Waals surface area contributed by atoms with Crippen molar-refractivity contribution in [3.05, 3.63) is 12.2 Å². The van der Waals surface area contributed by atoms with Gasteiger partial charge >= 0.3 is 101 Å². The van der Waals surface area contributed by atoms with E-state index in [0.29, 0.717) is 10.5 Å². The summed E-state index contributed by atoms with van der Waals surface area (Å²) in [6, 6.07) is 0. The summed E-state index contributed by atoms with van der Waals surface area (Å²) in [6.07, 6.45) is 6.63. The summed E-state index contributed by atoms with van der Waals surface area (Å²) >= 11 is -2.04. The third-order valence-corrected chi connectivity index (χ3v) is 9.41. The van der Waals surface area contributed by atoms with E-state index in [0.717, 1.165) is 12.8 Å². The molecule has 1 saturated carbocycles. The van der Waals surface area contributed by atoms with Crippen LogP contribution in [0.5, 0.6) is 0 Å². The van der Waals surface area contributed by atoms with E-state index in [9.17, 15) is 4.79 Å². The zero-order chi connectivity index (χ0) is 12.0. The number of hydrogen-bond donors (Lipinski definition) is 1. The zero-order valence-electron chi connectivity index (χ0n) is 10.2. The number of carboxylic acid groups (broad SMARTS) is 1. The van der Waals surface area contributed by atoms with E-state index in [2.05, 4.69) is 27.0 Å². The van der Waals surface area contributed by atoms with Gasteiger partial charge in [-0.1, -0.05) is 0 Å². The van der Waals surface area contributed by atoms with Gasteiger partial charge in [0.15, 0.2) is 0 Å². The Labute approximate surface area is 101 Å². The van der Waals surface area contributed by atoms with Crippen molar-refractivity contribution in [2.24, 2.45) is 5.92 Å². The first-order valence-corrected chi connectivity index (χ1v) is 16.1. The van der Waals surface area contributed by atoms with Crippen LogP contribution in [-0.2, 0) is 9.53 Å². The first kappa shape index (κ1) is 12.4. The first-order chi connectivity index (χ1) is 7.32. The molecular weight excluding hydrogens is 311 g/mol. The molecule has 3 nitrogen and oxygen atoms in total. The van der Waals surface area contributed by atoms with Crippen molar-refractivity contribution >= 4 is 24.3 Å². The Morgan fingerprint density at radius 2 is 2.19 bits per heavy atom. The van der Waals surface area contributed by atoms with E-state index in [1.807, 2.05) is 0 Å². The molecule has 2 rings (SSSR count). The molecule has 1 aliphatic heterocycles. The van der Waals surface area contributed by atoms with Crippen LogP contribution in [0.3, 0.4) is 0 Å². The molecule has 3 atom stereocenters. The molecule has 0 radical (unpaired) electrons. The quantitative estimate of drug-likeness (QED) is 0.625. The fraction of sp³-hybridized carbons (Fsp3) is 0.750. The van der Waals surface area contributed by atoms with Gasteiger partial charge in [-0.25, -0.2) is 0 Å². The van der Waals surface area contributed by atoms with Crippen LogP contribution in [0.1, 0.15) is 19.3 Å². The van der Waals surface area contributed by atoms with Crippen LogP contribution in [0.4, 0.5) is 0 Å². The van der Waals surface area contributed by atoms with Crippen LogP contribution in [0.15, 0.2) is 12.2 Å². The predicted octanol–water partition coefficient (Wildman–Crippen LogP) is 2.44. The van der Waals surface area contributed by atoms with E-state index in [1.54, 1.807) is 0 Å². The molecule has 1 spiro atoms. The molecule has 1 heterocycles. The SMILES string of the molecule is [CH3][Sn]([CH3])([CH3])[CH]1C=CC2(CCC(C(=O)O)C2)O1. The molecule has 0 aromatic rings. The van der Waals surface area contributed by atoms with Gasteiger partial charge in [-0.3, -0.25) is 0 Å². The molecule has 1 aliphatic carbocycles. The molecule has 0 aromatic carbocycles. The average Bonchev–Trinajstić information content (AvgIpc) is 2.73. The Balaban J connectivity index is 2.05. The van der Waals surface area contributed by atoms with Gasteiger partial charge in [0.05, 0.1) is 0 Å². The summed E-state index contributed by atoms with van der Waals surface area (Å²) in [5, 5.41) is 9.02. The van der Waals surface area contributed by atoms with Crippen molar-refractivity contribution in [3.8, 4) is 0 Å². The minimum atomic E-state index is -2.04. The van der Waals surface area contributed by atoms with Crippen molar-refractivity contribution < 1.29 is 14.6 Å². The Kier molecular flexibility index (Phi) is 3.12. The standard InChI is InChI=1S/C9H11O3.3CH3.Sn/c10-8(11)7-2-4-9(6-7)3-1-5-12-9;;;;/h1,3,5,7H,2,4,6H2,(H,10,11);3*1H3;. The zero-order valence-corrected chi connectivity index (χ0v) is 13.0. The van der Waals surface area contributed by atoms with Crippen LogP contribution >= 0.6 is 0 Å². The van der Waals surface area contributed by atoms with Gasteiger partial charge in [-0.05, 0) is 0 Å². The second kappa shape index (κ2) is 4.02. The van der Waals surface area contributed by atoms with E-state index in [1.165, 1.54) is 0 Å². The van der Waals surface area contributed by atoms with Crippen LogP contribution in [-0.4, -0.2) is 39.2 Å². The van der Waals surface area contributed by atoms with Crippen LogP contribution in [0.25, 0.3) is 0 Å². The Bertz CT molecular complexity index is 332. The van der Waals surface area contributed by atoms with Gasteiger partial charge < -0.3 is 0 Å². The Morgan fingerprint density at radius 1 is 1.50 bits per heavy atom. The number of carboxylic acids is 1. The molecule has 16 heavy (non-hydrogen) atoms. The normalized spacial score (nSPS) is 38.4. The van der Waals surface area contributed by atoms with E-state index in [4.69, 9.17) is 9.84 Å². The van der Waals surface area contributed by atoms with Crippen molar-refractivity contribution in [2.75, 3.05) is 0 Å². The summed E-state index contributed by atoms with van der Waals surface area (Å²) in [6.45, 7) is 0. The molecule has 0 amide bonds. The summed E-state index contributed by atoms with van der Waals surface area (Å²) in [5.41, 5.74) is -0.238. The third kappa shape index (κ3) is 2.30. The van der Waals surface area contributed by atoms with Gasteiger partial charge in [0.1, 0.15) is 0 Å². The molecule has 0 saturated heterocycles. The second-order valence-electron chi connectivity index (χ2n) is 6.11. The fourth-order valence-corrected chi connectivity index (χ4v) is 6.17. The van der Waals surface area contributed by atoms with Gasteiger partial charge in [-0.15, -0.1) is 0 Å². The molecule has 4 heteroatoms. The third-order valence-electron chi connectivity index (χ3n) is 3.65. The van der Waals surface area contributed by atoms with Crippen molar-refractivity contribution in [1.29, 1.82) is 0 Å². The van der Waals surface area contributed by atoms with Crippen LogP contribution in [0.2, 0.25) is 14.8 Å². The Morgan fingerprint density at radius 3 is 2.62 bits per heavy atom. The summed E-state index contributed by atoms with van der Waals surface area (Å²) in [5.74, 6) is -0.879. The molecule has 0 bridgehead atoms. The number of rotatable bonds is 2. The molecule has 3 unspecified atom stereocenters. The van der Waals surface area contributed by atoms with E-state index in [-0.39, 0.29) is 11.5 Å². The van der Waals surface area contributed by atoms with Crippen LogP contribution in [0, 0.1) is 5.92 Å². The van der Waals surface area contributed by atoms with Crippen molar-refractivity contribution in [3.63, 3.8) is 0 Å². The number of carbonyl (C=O) groups is 1. The molecule has 1 N–H and O–H groups in total. The van der Waals surface area contributed by atoms with Gasteiger partial charge in [0.25, 0.3) is 0 Å². The first-order valence-electron chi connectivity index (χ1n) is 5.92. The second-order valence-corrected chi connectivity index (χ2v) is 21.2. The molecular formula is C12H20O3Sn. The predicted molar refractivity (Wildman–Crippen MR) is 65.1 cm³/mol. The summed E-state index contributed by atoms with van der Waals surface area (Å²) in [7, 11) is 0. The minimum absolute atomic E-state index is 0.210. The number of hydrogen-bond acceptors (Lipinski definition) is 2. The number of aliphatic carboxylic acids is 1. The van der Waals surface area contributed by atoms with E-state index >= 15 is 0 Å². The van der Waals surface area contributed by atoms with Crippen molar-refractivity contribution in [2.45, 2.75) is 43.8 Å². The van der Waals surface area contributed by atoms with Gasteiger partial charge in [-0.2, -0.15) is 0 Å². The number of ether oxygens (including phenoxy) is 1. The molecule has 2 aliphatic rings. The van der Waals surface area contributed by atoms with E-state index < -0.39 is 24.3 Å². The van der Waals surface area contributed by atoms with Crippen molar-refractivity contribution in [1.82, 2.24) is 0 Å².